The van der Waals surface area contributed by atoms with E-state index < -0.39 is 5.97 Å². The molecule has 1 aromatic rings. The van der Waals surface area contributed by atoms with Gasteiger partial charge in [0, 0.05) is 19.8 Å². The topological polar surface area (TPSA) is 40.5 Å². The van der Waals surface area contributed by atoms with Crippen LogP contribution in [0.2, 0.25) is 0 Å². The predicted molar refractivity (Wildman–Crippen MR) is 94.1 cm³/mol. The number of rotatable bonds is 9. The lowest BCUT2D eigenvalue weighted by atomic mass is 9.90. The average Bonchev–Trinajstić information content (AvgIpc) is 2.44. The third-order valence-electron chi connectivity index (χ3n) is 4.12. The molecule has 1 N–H and O–H groups in total. The molecule has 0 spiro atoms. The predicted octanol–water partition coefficient (Wildman–Crippen LogP) is 4.77. The van der Waals surface area contributed by atoms with Gasteiger partial charge in [-0.3, -0.25) is 0 Å². The summed E-state index contributed by atoms with van der Waals surface area (Å²) in [6.07, 6.45) is 6.33. The Balaban J connectivity index is 3.27. The van der Waals surface area contributed by atoms with Gasteiger partial charge >= 0.3 is 5.97 Å². The van der Waals surface area contributed by atoms with Gasteiger partial charge in [-0.25, -0.2) is 4.79 Å². The Morgan fingerprint density at radius 2 is 1.82 bits per heavy atom. The van der Waals surface area contributed by atoms with Crippen molar-refractivity contribution >= 4 is 11.7 Å². The van der Waals surface area contributed by atoms with Crippen molar-refractivity contribution in [2.45, 2.75) is 59.3 Å². The van der Waals surface area contributed by atoms with Crippen molar-refractivity contribution in [1.82, 2.24) is 0 Å². The van der Waals surface area contributed by atoms with E-state index in [9.17, 15) is 9.90 Å². The first-order valence-electron chi connectivity index (χ1n) is 8.43. The van der Waals surface area contributed by atoms with Gasteiger partial charge in [0.2, 0.25) is 0 Å². The second-order valence-electron chi connectivity index (χ2n) is 6.68. The molecule has 0 saturated carbocycles. The molecule has 0 saturated heterocycles. The van der Waals surface area contributed by atoms with Crippen LogP contribution in [0.1, 0.15) is 67.9 Å². The maximum atomic E-state index is 11.6. The van der Waals surface area contributed by atoms with E-state index in [1.807, 2.05) is 20.2 Å². The highest BCUT2D eigenvalue weighted by Gasteiger charge is 2.18. The maximum Gasteiger partial charge on any atom is 0.335 e. The van der Waals surface area contributed by atoms with Crippen LogP contribution in [-0.4, -0.2) is 25.2 Å². The van der Waals surface area contributed by atoms with Crippen LogP contribution in [0.5, 0.6) is 0 Å². The number of hydrogen-bond donors (Lipinski definition) is 1. The highest BCUT2D eigenvalue weighted by Crippen LogP contribution is 2.29. The number of anilines is 1. The Hall–Kier alpha value is -1.51. The summed E-state index contributed by atoms with van der Waals surface area (Å²) in [4.78, 5) is 13.7. The summed E-state index contributed by atoms with van der Waals surface area (Å²) in [6, 6.07) is 3.74. The van der Waals surface area contributed by atoms with Crippen molar-refractivity contribution < 1.29 is 9.90 Å². The molecule has 3 nitrogen and oxygen atoms in total. The van der Waals surface area contributed by atoms with Crippen LogP contribution < -0.4 is 4.90 Å². The van der Waals surface area contributed by atoms with Gasteiger partial charge in [0.25, 0.3) is 0 Å². The molecule has 0 fully saturated rings. The first kappa shape index (κ1) is 18.5. The number of unbranched alkanes of at least 4 members (excludes halogenated alkanes) is 2. The van der Waals surface area contributed by atoms with Crippen molar-refractivity contribution in [2.24, 2.45) is 5.92 Å². The number of hydrogen-bond acceptors (Lipinski definition) is 2. The Morgan fingerprint density at radius 1 is 1.14 bits per heavy atom. The van der Waals surface area contributed by atoms with Gasteiger partial charge in [0.15, 0.2) is 0 Å². The monoisotopic (exact) mass is 305 g/mol. The minimum absolute atomic E-state index is 0.484. The van der Waals surface area contributed by atoms with Crippen LogP contribution in [0.15, 0.2) is 12.1 Å². The fourth-order valence-corrected chi connectivity index (χ4v) is 2.85. The summed E-state index contributed by atoms with van der Waals surface area (Å²) in [6.45, 7) is 6.57. The summed E-state index contributed by atoms with van der Waals surface area (Å²) in [5, 5.41) is 9.54. The smallest absolute Gasteiger partial charge is 0.335 e. The molecule has 0 unspecified atom stereocenters. The second-order valence-corrected chi connectivity index (χ2v) is 6.68. The quantitative estimate of drug-likeness (QED) is 0.668. The van der Waals surface area contributed by atoms with Crippen LogP contribution in [0.4, 0.5) is 5.69 Å². The van der Waals surface area contributed by atoms with Gasteiger partial charge < -0.3 is 10.0 Å². The van der Waals surface area contributed by atoms with Crippen molar-refractivity contribution in [3.05, 3.63) is 28.8 Å². The van der Waals surface area contributed by atoms with Gasteiger partial charge in [-0.1, -0.05) is 33.6 Å². The molecule has 124 valence electrons. The molecule has 0 atom stereocenters. The number of carboxylic acid groups (broad SMARTS) is 1. The van der Waals surface area contributed by atoms with Crippen LogP contribution in [0.25, 0.3) is 0 Å². The van der Waals surface area contributed by atoms with Gasteiger partial charge in [0.1, 0.15) is 0 Å². The first-order chi connectivity index (χ1) is 10.4. The molecule has 0 aliphatic carbocycles. The van der Waals surface area contributed by atoms with Crippen molar-refractivity contribution in [2.75, 3.05) is 19.0 Å². The largest absolute Gasteiger partial charge is 0.478 e. The summed E-state index contributed by atoms with van der Waals surface area (Å²) in [5.41, 5.74) is 3.93. The molecule has 22 heavy (non-hydrogen) atoms. The lowest BCUT2D eigenvalue weighted by Gasteiger charge is -2.23. The molecule has 0 amide bonds. The Morgan fingerprint density at radius 3 is 2.32 bits per heavy atom. The van der Waals surface area contributed by atoms with E-state index in [1.54, 1.807) is 6.07 Å². The summed E-state index contributed by atoms with van der Waals surface area (Å²) in [5.74, 6) is -0.228. The lowest BCUT2D eigenvalue weighted by Crippen LogP contribution is -2.16. The zero-order valence-electron chi connectivity index (χ0n) is 14.8. The van der Waals surface area contributed by atoms with Crippen LogP contribution in [0.3, 0.4) is 0 Å². The molecule has 0 aliphatic rings. The second kappa shape index (κ2) is 8.82. The molecule has 3 heteroatoms. The highest BCUT2D eigenvalue weighted by atomic mass is 16.4. The third-order valence-corrected chi connectivity index (χ3v) is 4.12. The lowest BCUT2D eigenvalue weighted by molar-refractivity contribution is 0.0695. The molecule has 1 aromatic carbocycles. The van der Waals surface area contributed by atoms with E-state index >= 15 is 0 Å². The van der Waals surface area contributed by atoms with E-state index in [1.165, 1.54) is 24.1 Å². The van der Waals surface area contributed by atoms with Crippen LogP contribution in [0, 0.1) is 5.92 Å². The SMILES string of the molecule is CCCCCc1c(N(C)C)ccc(C(=O)O)c1CCC(C)C. The van der Waals surface area contributed by atoms with Gasteiger partial charge in [-0.2, -0.15) is 0 Å². The molecule has 0 radical (unpaired) electrons. The number of carbonyl (C=O) groups is 1. The van der Waals surface area contributed by atoms with Gasteiger partial charge in [-0.05, 0) is 54.9 Å². The Labute approximate surface area is 135 Å². The van der Waals surface area contributed by atoms with Crippen molar-refractivity contribution in [3.63, 3.8) is 0 Å². The number of aromatic carboxylic acids is 1. The van der Waals surface area contributed by atoms with Crippen molar-refractivity contribution in [3.8, 4) is 0 Å². The van der Waals surface area contributed by atoms with E-state index in [-0.39, 0.29) is 0 Å². The molecular formula is C19H31NO2. The minimum atomic E-state index is -0.805. The molecule has 1 rings (SSSR count). The number of benzene rings is 1. The fraction of sp³-hybridized carbons (Fsp3) is 0.632. The van der Waals surface area contributed by atoms with Gasteiger partial charge in [-0.15, -0.1) is 0 Å². The van der Waals surface area contributed by atoms with Gasteiger partial charge in [0.05, 0.1) is 5.56 Å². The zero-order chi connectivity index (χ0) is 16.7. The van der Waals surface area contributed by atoms with Crippen LogP contribution >= 0.6 is 0 Å². The van der Waals surface area contributed by atoms with E-state index in [4.69, 9.17) is 0 Å². The average molecular weight is 305 g/mol. The number of carboxylic acids is 1. The molecule has 0 bridgehead atoms. The number of nitrogens with zero attached hydrogens (tertiary/aromatic N) is 1. The van der Waals surface area contributed by atoms with E-state index in [2.05, 4.69) is 25.7 Å². The minimum Gasteiger partial charge on any atom is -0.478 e. The first-order valence-corrected chi connectivity index (χ1v) is 8.43. The molecular weight excluding hydrogens is 274 g/mol. The molecule has 0 heterocycles. The summed E-state index contributed by atoms with van der Waals surface area (Å²) >= 11 is 0. The molecule has 0 aliphatic heterocycles. The van der Waals surface area contributed by atoms with E-state index in [0.29, 0.717) is 11.5 Å². The highest BCUT2D eigenvalue weighted by molar-refractivity contribution is 5.91. The van der Waals surface area contributed by atoms with E-state index in [0.717, 1.165) is 31.2 Å². The molecule has 0 aromatic heterocycles. The normalized spacial score (nSPS) is 11.0. The zero-order valence-corrected chi connectivity index (χ0v) is 14.8. The maximum absolute atomic E-state index is 11.6. The fourth-order valence-electron chi connectivity index (χ4n) is 2.85. The summed E-state index contributed by atoms with van der Waals surface area (Å²) < 4.78 is 0. The standard InChI is InChI=1S/C19H31NO2/c1-6-7-8-9-16-15(11-10-14(2)3)17(19(21)22)12-13-18(16)20(4)5/h12-14H,6-11H2,1-5H3,(H,21,22). The van der Waals surface area contributed by atoms with Crippen LogP contribution in [-0.2, 0) is 12.8 Å². The summed E-state index contributed by atoms with van der Waals surface area (Å²) in [7, 11) is 4.07. The van der Waals surface area contributed by atoms with Crippen molar-refractivity contribution in [1.29, 1.82) is 0 Å². The Kier molecular flexibility index (Phi) is 7.43. The third kappa shape index (κ3) is 5.04. The Bertz CT molecular complexity index is 492.